The lowest BCUT2D eigenvalue weighted by Gasteiger charge is -2.48. The molecule has 2 atom stereocenters. The van der Waals surface area contributed by atoms with Gasteiger partial charge in [-0.05, 0) is 11.6 Å². The van der Waals surface area contributed by atoms with E-state index < -0.39 is 29.2 Å². The summed E-state index contributed by atoms with van der Waals surface area (Å²) in [5.74, 6) is -2.06. The largest absolute Gasteiger partial charge is 0.477 e. The summed E-state index contributed by atoms with van der Waals surface area (Å²) < 4.78 is 4.86. The number of halogens is 2. The van der Waals surface area contributed by atoms with Gasteiger partial charge in [0.2, 0.25) is 11.8 Å². The van der Waals surface area contributed by atoms with E-state index in [0.29, 0.717) is 0 Å². The molecule has 0 bridgehead atoms. The van der Waals surface area contributed by atoms with Crippen LogP contribution in [0.1, 0.15) is 5.89 Å². The second-order valence-corrected chi connectivity index (χ2v) is 6.52. The maximum Gasteiger partial charge on any atom is 0.353 e. The highest BCUT2D eigenvalue weighted by atomic mass is 35.5. The third-order valence-electron chi connectivity index (χ3n) is 3.19. The van der Waals surface area contributed by atoms with E-state index in [1.807, 2.05) is 0 Å². The molecule has 1 aromatic rings. The van der Waals surface area contributed by atoms with Gasteiger partial charge in [0, 0.05) is 5.75 Å². The molecule has 2 amide bonds. The first-order valence-electron chi connectivity index (χ1n) is 6.22. The summed E-state index contributed by atoms with van der Waals surface area (Å²) in [6.07, 6.45) is -0.233. The van der Waals surface area contributed by atoms with Crippen LogP contribution in [0.5, 0.6) is 0 Å². The number of carbonyl (C=O) groups excluding carboxylic acids is 2. The molecule has 0 radical (unpaired) electrons. The molecule has 2 N–H and O–H groups in total. The fraction of sp³-hybridized carbons (Fsp3) is 0.364. The molecular weight excluding hydrogens is 371 g/mol. The molecule has 3 rings (SSSR count). The number of thioether (sulfide) groups is 1. The monoisotopic (exact) mass is 378 g/mol. The van der Waals surface area contributed by atoms with Crippen LogP contribution in [-0.2, 0) is 20.8 Å². The minimum absolute atomic E-state index is 0.0154. The lowest BCUT2D eigenvalue weighted by atomic mass is 10.0. The fourth-order valence-corrected chi connectivity index (χ4v) is 3.93. The number of nitrogens with one attached hydrogen (secondary N) is 1. The molecule has 1 saturated heterocycles. The number of β-lactam (4-membered cyclic amide) rings is 1. The van der Waals surface area contributed by atoms with Gasteiger partial charge in [0.15, 0.2) is 0 Å². The quantitative estimate of drug-likeness (QED) is 0.711. The Morgan fingerprint density at radius 2 is 2.17 bits per heavy atom. The van der Waals surface area contributed by atoms with E-state index in [0.717, 1.165) is 4.90 Å². The zero-order chi connectivity index (χ0) is 16.7. The average molecular weight is 379 g/mol. The number of carbonyl (C=O) groups is 3. The molecule has 0 saturated carbocycles. The van der Waals surface area contributed by atoms with Crippen LogP contribution in [-0.4, -0.2) is 55.2 Å². The molecule has 0 spiro atoms. The van der Waals surface area contributed by atoms with E-state index in [1.54, 1.807) is 0 Å². The average Bonchev–Trinajstić information content (AvgIpc) is 2.89. The molecule has 9 nitrogen and oxygen atoms in total. The smallest absolute Gasteiger partial charge is 0.353 e. The molecule has 2 aliphatic heterocycles. The van der Waals surface area contributed by atoms with Gasteiger partial charge in [-0.2, -0.15) is 0 Å². The Balaban J connectivity index is 1.66. The van der Waals surface area contributed by atoms with E-state index >= 15 is 0 Å². The fourth-order valence-electron chi connectivity index (χ4n) is 2.25. The lowest BCUT2D eigenvalue weighted by Crippen LogP contribution is -2.70. The van der Waals surface area contributed by atoms with Gasteiger partial charge in [0.1, 0.15) is 23.5 Å². The first-order chi connectivity index (χ1) is 10.9. The first-order valence-corrected chi connectivity index (χ1v) is 8.03. The second kappa shape index (κ2) is 6.02. The van der Waals surface area contributed by atoms with E-state index in [-0.39, 0.29) is 34.1 Å². The predicted octanol–water partition coefficient (Wildman–Crippen LogP) is 0.200. The summed E-state index contributed by atoms with van der Waals surface area (Å²) in [7, 11) is 0. The summed E-state index contributed by atoms with van der Waals surface area (Å²) in [6.45, 7) is 0. The Morgan fingerprint density at radius 3 is 2.78 bits per heavy atom. The van der Waals surface area contributed by atoms with Crippen molar-refractivity contribution in [2.24, 2.45) is 0 Å². The summed E-state index contributed by atoms with van der Waals surface area (Å²) in [4.78, 5) is 36.3. The van der Waals surface area contributed by atoms with Gasteiger partial charge < -0.3 is 14.8 Å². The van der Waals surface area contributed by atoms with Gasteiger partial charge in [-0.1, -0.05) is 16.7 Å². The SMILES string of the molecule is O=C(Cc1nnc(Cl)o1)N[C@@H]1C(=O)N2C(C(=O)O)=C(Cl)CS[C@@H]12. The van der Waals surface area contributed by atoms with Gasteiger partial charge in [0.25, 0.3) is 5.91 Å². The molecule has 0 unspecified atom stereocenters. The minimum atomic E-state index is -1.28. The normalized spacial score (nSPS) is 23.4. The van der Waals surface area contributed by atoms with Gasteiger partial charge in [0.05, 0.1) is 5.03 Å². The van der Waals surface area contributed by atoms with Crippen molar-refractivity contribution in [1.82, 2.24) is 20.4 Å². The van der Waals surface area contributed by atoms with Crippen LogP contribution >= 0.6 is 35.0 Å². The molecule has 12 heteroatoms. The number of amides is 2. The van der Waals surface area contributed by atoms with Crippen molar-refractivity contribution in [3.8, 4) is 0 Å². The Hall–Kier alpha value is -1.78. The van der Waals surface area contributed by atoms with Crippen molar-refractivity contribution < 1.29 is 23.9 Å². The third kappa shape index (κ3) is 2.89. The van der Waals surface area contributed by atoms with E-state index in [9.17, 15) is 14.4 Å². The molecule has 1 fully saturated rings. The summed E-state index contributed by atoms with van der Waals surface area (Å²) in [6, 6.07) is -0.829. The highest BCUT2D eigenvalue weighted by Crippen LogP contribution is 2.41. The van der Waals surface area contributed by atoms with Gasteiger partial charge in [-0.25, -0.2) is 4.79 Å². The Labute approximate surface area is 143 Å². The number of hydrogen-bond donors (Lipinski definition) is 2. The number of aromatic nitrogens is 2. The molecule has 2 aliphatic rings. The summed E-state index contributed by atoms with van der Waals surface area (Å²) >= 11 is 12.6. The van der Waals surface area contributed by atoms with Gasteiger partial charge >= 0.3 is 11.3 Å². The summed E-state index contributed by atoms with van der Waals surface area (Å²) in [5, 5.41) is 18.0. The molecule has 1 aromatic heterocycles. The maximum atomic E-state index is 12.1. The molecule has 23 heavy (non-hydrogen) atoms. The molecule has 3 heterocycles. The zero-order valence-corrected chi connectivity index (χ0v) is 13.5. The number of rotatable bonds is 4. The van der Waals surface area contributed by atoms with Crippen LogP contribution in [0.3, 0.4) is 0 Å². The van der Waals surface area contributed by atoms with E-state index in [1.165, 1.54) is 11.8 Å². The van der Waals surface area contributed by atoms with Crippen LogP contribution < -0.4 is 5.32 Å². The van der Waals surface area contributed by atoms with Crippen LogP contribution in [0.15, 0.2) is 15.1 Å². The molecule has 122 valence electrons. The number of nitrogens with zero attached hydrogens (tertiary/aromatic N) is 3. The predicted molar refractivity (Wildman–Crippen MR) is 78.5 cm³/mol. The minimum Gasteiger partial charge on any atom is -0.477 e. The van der Waals surface area contributed by atoms with Gasteiger partial charge in [-0.15, -0.1) is 16.9 Å². The van der Waals surface area contributed by atoms with Crippen LogP contribution in [0.2, 0.25) is 5.35 Å². The van der Waals surface area contributed by atoms with Crippen molar-refractivity contribution in [2.75, 3.05) is 5.75 Å². The Morgan fingerprint density at radius 1 is 1.43 bits per heavy atom. The summed E-state index contributed by atoms with van der Waals surface area (Å²) in [5.41, 5.74) is -0.241. The van der Waals surface area contributed by atoms with Gasteiger partial charge in [-0.3, -0.25) is 14.5 Å². The zero-order valence-electron chi connectivity index (χ0n) is 11.2. The van der Waals surface area contributed by atoms with E-state index in [4.69, 9.17) is 32.7 Å². The number of fused-ring (bicyclic) bond motifs is 1. The van der Waals surface area contributed by atoms with Crippen molar-refractivity contribution in [2.45, 2.75) is 17.8 Å². The van der Waals surface area contributed by atoms with Crippen molar-refractivity contribution in [3.05, 3.63) is 22.0 Å². The first kappa shape index (κ1) is 16.1. The van der Waals surface area contributed by atoms with Crippen molar-refractivity contribution >= 4 is 52.7 Å². The maximum absolute atomic E-state index is 12.1. The number of carboxylic acid groups (broad SMARTS) is 1. The second-order valence-electron chi connectivity index (χ2n) is 4.64. The Bertz CT molecular complexity index is 736. The highest BCUT2D eigenvalue weighted by Gasteiger charge is 2.54. The molecule has 0 aliphatic carbocycles. The Kier molecular flexibility index (Phi) is 4.21. The third-order valence-corrected chi connectivity index (χ3v) is 5.10. The van der Waals surface area contributed by atoms with E-state index in [2.05, 4.69) is 15.5 Å². The number of aliphatic carboxylic acids is 1. The van der Waals surface area contributed by atoms with Crippen LogP contribution in [0.4, 0.5) is 0 Å². The lowest BCUT2D eigenvalue weighted by molar-refractivity contribution is -0.150. The van der Waals surface area contributed by atoms with Crippen LogP contribution in [0, 0.1) is 0 Å². The number of carboxylic acids is 1. The van der Waals surface area contributed by atoms with Crippen molar-refractivity contribution in [3.63, 3.8) is 0 Å². The number of hydrogen-bond acceptors (Lipinski definition) is 7. The molecular formula is C11H8Cl2N4O5S. The standard InChI is InChI=1S/C11H8Cl2N4O5S/c12-3-2-23-9-6(8(19)17(9)7(3)10(20)21)14-4(18)1-5-15-16-11(13)22-5/h6,9H,1-2H2,(H,14,18)(H,20,21)/t6-,9+/m1/s1. The molecule has 0 aromatic carbocycles. The topological polar surface area (TPSA) is 126 Å². The van der Waals surface area contributed by atoms with Crippen molar-refractivity contribution in [1.29, 1.82) is 0 Å². The highest BCUT2D eigenvalue weighted by molar-refractivity contribution is 8.00. The van der Waals surface area contributed by atoms with Crippen LogP contribution in [0.25, 0.3) is 0 Å².